The first-order valence-corrected chi connectivity index (χ1v) is 10.8. The van der Waals surface area contributed by atoms with E-state index in [1.807, 2.05) is 69.3 Å². The average Bonchev–Trinajstić information content (AvgIpc) is 2.73. The zero-order valence-electron chi connectivity index (χ0n) is 19.4. The smallest absolute Gasteiger partial charge is 0.412 e. The lowest BCUT2D eigenvalue weighted by Crippen LogP contribution is -2.27. The van der Waals surface area contributed by atoms with E-state index >= 15 is 0 Å². The fourth-order valence-electron chi connectivity index (χ4n) is 2.93. The molecule has 1 N–H and O–H groups in total. The van der Waals surface area contributed by atoms with Crippen LogP contribution in [0.2, 0.25) is 0 Å². The Bertz CT molecular complexity index is 883. The van der Waals surface area contributed by atoms with Gasteiger partial charge in [-0.05, 0) is 62.9 Å². The lowest BCUT2D eigenvalue weighted by molar-refractivity contribution is -0.141. The van der Waals surface area contributed by atoms with E-state index in [0.717, 1.165) is 16.7 Å². The maximum atomic E-state index is 12.1. The lowest BCUT2D eigenvalue weighted by Gasteiger charge is -2.19. The molecule has 0 bridgehead atoms. The van der Waals surface area contributed by atoms with Crippen LogP contribution >= 0.6 is 0 Å². The Morgan fingerprint density at radius 1 is 1.00 bits per heavy atom. The van der Waals surface area contributed by atoms with E-state index in [4.69, 9.17) is 14.2 Å². The molecule has 6 heteroatoms. The zero-order valence-corrected chi connectivity index (χ0v) is 19.4. The van der Waals surface area contributed by atoms with Gasteiger partial charge in [-0.25, -0.2) is 4.79 Å². The van der Waals surface area contributed by atoms with Gasteiger partial charge < -0.3 is 14.2 Å². The van der Waals surface area contributed by atoms with E-state index < -0.39 is 11.7 Å². The van der Waals surface area contributed by atoms with Crippen LogP contribution in [-0.2, 0) is 25.6 Å². The first kappa shape index (κ1) is 25.1. The highest BCUT2D eigenvalue weighted by atomic mass is 16.6. The highest BCUT2D eigenvalue weighted by Gasteiger charge is 2.16. The summed E-state index contributed by atoms with van der Waals surface area (Å²) < 4.78 is 16.1. The molecular formula is C26H33NO5. The van der Waals surface area contributed by atoms with Gasteiger partial charge in [0.1, 0.15) is 5.60 Å². The van der Waals surface area contributed by atoms with Crippen molar-refractivity contribution in [3.63, 3.8) is 0 Å². The third kappa shape index (κ3) is 9.79. The topological polar surface area (TPSA) is 73.9 Å². The summed E-state index contributed by atoms with van der Waals surface area (Å²) in [5.74, 6) is -0.278. The van der Waals surface area contributed by atoms with Crippen LogP contribution in [0.1, 0.15) is 51.7 Å². The van der Waals surface area contributed by atoms with Crippen molar-refractivity contribution >= 4 is 23.3 Å². The molecule has 172 valence electrons. The largest absolute Gasteiger partial charge is 0.466 e. The molecule has 0 heterocycles. The van der Waals surface area contributed by atoms with Crippen LogP contribution in [0.3, 0.4) is 0 Å². The quantitative estimate of drug-likeness (QED) is 0.364. The van der Waals surface area contributed by atoms with E-state index in [1.165, 1.54) is 0 Å². The number of esters is 1. The van der Waals surface area contributed by atoms with Crippen molar-refractivity contribution in [1.82, 2.24) is 0 Å². The number of nitrogens with one attached hydrogen (secondary N) is 1. The van der Waals surface area contributed by atoms with Crippen molar-refractivity contribution < 1.29 is 23.8 Å². The van der Waals surface area contributed by atoms with Crippen LogP contribution < -0.4 is 5.32 Å². The third-order valence-corrected chi connectivity index (χ3v) is 4.31. The number of hydrogen-bond acceptors (Lipinski definition) is 5. The molecule has 0 radical (unpaired) electrons. The number of rotatable bonds is 10. The summed E-state index contributed by atoms with van der Waals surface area (Å²) in [4.78, 5) is 24.0. The predicted octanol–water partition coefficient (Wildman–Crippen LogP) is 5.98. The minimum absolute atomic E-state index is 0.172. The van der Waals surface area contributed by atoms with Crippen LogP contribution in [0.15, 0.2) is 60.7 Å². The zero-order chi connectivity index (χ0) is 23.4. The van der Waals surface area contributed by atoms with Gasteiger partial charge in [0.2, 0.25) is 0 Å². The summed E-state index contributed by atoms with van der Waals surface area (Å²) in [7, 11) is 0. The third-order valence-electron chi connectivity index (χ3n) is 4.31. The Morgan fingerprint density at radius 3 is 2.31 bits per heavy atom. The van der Waals surface area contributed by atoms with Gasteiger partial charge in [-0.15, -0.1) is 0 Å². The summed E-state index contributed by atoms with van der Waals surface area (Å²) >= 11 is 0. The normalized spacial score (nSPS) is 11.7. The van der Waals surface area contributed by atoms with Gasteiger partial charge in [-0.2, -0.15) is 0 Å². The summed E-state index contributed by atoms with van der Waals surface area (Å²) in [6.45, 7) is 8.65. The van der Waals surface area contributed by atoms with Gasteiger partial charge in [0, 0.05) is 5.69 Å². The first-order chi connectivity index (χ1) is 15.3. The molecule has 0 saturated carbocycles. The van der Waals surface area contributed by atoms with Crippen molar-refractivity contribution in [2.45, 2.75) is 52.7 Å². The second-order valence-corrected chi connectivity index (χ2v) is 8.24. The molecule has 0 aromatic heterocycles. The summed E-state index contributed by atoms with van der Waals surface area (Å²) in [5.41, 5.74) is 2.91. The number of amides is 1. The fraction of sp³-hybridized carbons (Fsp3) is 0.385. The van der Waals surface area contributed by atoms with Gasteiger partial charge in [-0.3, -0.25) is 10.1 Å². The first-order valence-electron chi connectivity index (χ1n) is 10.8. The lowest BCUT2D eigenvalue weighted by atomic mass is 10.0. The van der Waals surface area contributed by atoms with Crippen molar-refractivity contribution in [2.24, 2.45) is 0 Å². The highest BCUT2D eigenvalue weighted by Crippen LogP contribution is 2.22. The van der Waals surface area contributed by atoms with Gasteiger partial charge in [0.25, 0.3) is 0 Å². The average molecular weight is 440 g/mol. The molecule has 1 amide bonds. The van der Waals surface area contributed by atoms with E-state index in [-0.39, 0.29) is 12.4 Å². The van der Waals surface area contributed by atoms with Crippen LogP contribution in [0.25, 0.3) is 5.57 Å². The Kier molecular flexibility index (Phi) is 9.95. The summed E-state index contributed by atoms with van der Waals surface area (Å²) in [6.07, 6.45) is 2.33. The number of carbonyl (C=O) groups excluding carboxylic acids is 2. The van der Waals surface area contributed by atoms with E-state index in [2.05, 4.69) is 5.32 Å². The molecule has 6 nitrogen and oxygen atoms in total. The number of hydrogen-bond donors (Lipinski definition) is 1. The van der Waals surface area contributed by atoms with Crippen LogP contribution in [-0.4, -0.2) is 30.9 Å². The monoisotopic (exact) mass is 439 g/mol. The molecule has 0 unspecified atom stereocenters. The van der Waals surface area contributed by atoms with Crippen LogP contribution in [0.5, 0.6) is 0 Å². The Morgan fingerprint density at radius 2 is 1.69 bits per heavy atom. The molecule has 0 aliphatic carbocycles. The number of ether oxygens (including phenoxy) is 3. The minimum Gasteiger partial charge on any atom is -0.466 e. The summed E-state index contributed by atoms with van der Waals surface area (Å²) in [5, 5.41) is 2.71. The van der Waals surface area contributed by atoms with E-state index in [0.29, 0.717) is 31.9 Å². The predicted molar refractivity (Wildman–Crippen MR) is 126 cm³/mol. The van der Waals surface area contributed by atoms with Gasteiger partial charge in [0.15, 0.2) is 0 Å². The second-order valence-electron chi connectivity index (χ2n) is 8.24. The Balaban J connectivity index is 1.99. The number of benzene rings is 2. The maximum absolute atomic E-state index is 12.1. The van der Waals surface area contributed by atoms with Crippen molar-refractivity contribution in [3.8, 4) is 0 Å². The highest BCUT2D eigenvalue weighted by molar-refractivity contribution is 5.87. The van der Waals surface area contributed by atoms with Gasteiger partial charge >= 0.3 is 12.1 Å². The molecule has 0 aliphatic heterocycles. The SMILES string of the molecule is CCOC(=O)CC(=CCCOCc1ccccc1)c1ccc(NC(=O)OC(C)(C)C)cc1. The van der Waals surface area contributed by atoms with Crippen molar-refractivity contribution in [3.05, 3.63) is 71.8 Å². The molecule has 32 heavy (non-hydrogen) atoms. The standard InChI is InChI=1S/C26H33NO5/c1-5-31-24(28)18-22(12-9-17-30-19-20-10-7-6-8-11-20)21-13-15-23(16-14-21)27-25(29)32-26(2,3)4/h6-8,10-16H,5,9,17-19H2,1-4H3,(H,27,29). The molecule has 2 aromatic rings. The van der Waals surface area contributed by atoms with Crippen LogP contribution in [0, 0.1) is 0 Å². The van der Waals surface area contributed by atoms with Crippen molar-refractivity contribution in [2.75, 3.05) is 18.5 Å². The molecule has 0 saturated heterocycles. The fourth-order valence-corrected chi connectivity index (χ4v) is 2.93. The van der Waals surface area contributed by atoms with Crippen molar-refractivity contribution in [1.29, 1.82) is 0 Å². The maximum Gasteiger partial charge on any atom is 0.412 e. The van der Waals surface area contributed by atoms with Gasteiger partial charge in [-0.1, -0.05) is 48.5 Å². The minimum atomic E-state index is -0.567. The Hall–Kier alpha value is -3.12. The summed E-state index contributed by atoms with van der Waals surface area (Å²) in [6, 6.07) is 17.3. The van der Waals surface area contributed by atoms with E-state index in [1.54, 1.807) is 19.1 Å². The number of anilines is 1. The van der Waals surface area contributed by atoms with Gasteiger partial charge in [0.05, 0.1) is 26.2 Å². The number of carbonyl (C=O) groups is 2. The molecule has 2 rings (SSSR count). The molecular weight excluding hydrogens is 406 g/mol. The molecule has 0 aliphatic rings. The van der Waals surface area contributed by atoms with E-state index in [9.17, 15) is 9.59 Å². The molecule has 0 atom stereocenters. The molecule has 2 aromatic carbocycles. The second kappa shape index (κ2) is 12.7. The Labute approximate surface area is 190 Å². The molecule has 0 spiro atoms. The molecule has 0 fully saturated rings. The van der Waals surface area contributed by atoms with Crippen LogP contribution in [0.4, 0.5) is 10.5 Å².